The summed E-state index contributed by atoms with van der Waals surface area (Å²) in [5, 5.41) is 12.4. The molecule has 5 heterocycles. The monoisotopic (exact) mass is 899 g/mol. The third-order valence-corrected chi connectivity index (χ3v) is 14.3. The van der Waals surface area contributed by atoms with Crippen LogP contribution in [0.2, 0.25) is 0 Å². The van der Waals surface area contributed by atoms with E-state index in [0.717, 1.165) is 137 Å². The number of halogens is 2. The van der Waals surface area contributed by atoms with Crippen LogP contribution >= 0.6 is 0 Å². The summed E-state index contributed by atoms with van der Waals surface area (Å²) in [4.78, 5) is 24.7. The molecule has 10 aromatic carbocycles. The molecule has 2 N–H and O–H groups in total. The minimum absolute atomic E-state index is 0.327. The topological polar surface area (TPSA) is 70.2 Å². The van der Waals surface area contributed by atoms with Crippen molar-refractivity contribution >= 4 is 86.8 Å². The molecule has 0 fully saturated rings. The van der Waals surface area contributed by atoms with Gasteiger partial charge >= 0.3 is 0 Å². The van der Waals surface area contributed by atoms with Crippen molar-refractivity contribution in [3.8, 4) is 67.4 Å². The Morgan fingerprint density at radius 3 is 1.26 bits per heavy atom. The second-order valence-electron chi connectivity index (χ2n) is 18.4. The van der Waals surface area contributed by atoms with Gasteiger partial charge in [-0.25, -0.2) is 23.7 Å². The fraction of sp³-hybridized carbons (Fsp3) is 0. The molecule has 0 unspecified atom stereocenters. The van der Waals surface area contributed by atoms with Crippen molar-refractivity contribution in [2.24, 2.45) is 0 Å². The predicted molar refractivity (Wildman–Crippen MR) is 283 cm³/mol. The summed E-state index contributed by atoms with van der Waals surface area (Å²) in [6.07, 6.45) is 0. The number of aromatic nitrogens is 5. The van der Waals surface area contributed by atoms with E-state index in [1.807, 2.05) is 36.4 Å². The third kappa shape index (κ3) is 5.85. The zero-order chi connectivity index (χ0) is 46.2. The largest absolute Gasteiger partial charge is 0.354 e. The molecule has 0 saturated carbocycles. The molecule has 0 radical (unpaired) electrons. The number of fused-ring (bicyclic) bond motifs is 24. The normalized spacial score (nSPS) is 12.1. The maximum atomic E-state index is 15.0. The molecule has 13 aromatic rings. The molecule has 0 amide bonds. The SMILES string of the molecule is Fc1ccc(-c2c3nc(nc4[nH]c(c(-c5ccc(F)cc5)c5nc(cc6[nH]c2c2cc7ccccc7cc62)-c2cc6ccccc6cc2-5)c2cc5ccccc5cc42)-c2cc4ccccc4cc2-3)cc1. The molecule has 8 bridgehead atoms. The first-order valence-corrected chi connectivity index (χ1v) is 23.4. The zero-order valence-corrected chi connectivity index (χ0v) is 37.2. The van der Waals surface area contributed by atoms with Crippen LogP contribution in [-0.2, 0) is 0 Å². The quantitative estimate of drug-likeness (QED) is 0.182. The van der Waals surface area contributed by atoms with Gasteiger partial charge in [-0.3, -0.25) is 0 Å². The summed E-state index contributed by atoms with van der Waals surface area (Å²) in [6, 6.07) is 66.7. The van der Waals surface area contributed by atoms with Gasteiger partial charge in [-0.05, 0) is 133 Å². The molecule has 0 atom stereocenters. The molecule has 2 aliphatic rings. The highest BCUT2D eigenvalue weighted by Crippen LogP contribution is 2.49. The molecule has 7 heteroatoms. The average molecular weight is 900 g/mol. The van der Waals surface area contributed by atoms with Crippen LogP contribution in [0.3, 0.4) is 0 Å². The van der Waals surface area contributed by atoms with Crippen molar-refractivity contribution in [1.82, 2.24) is 24.9 Å². The van der Waals surface area contributed by atoms with E-state index in [9.17, 15) is 0 Å². The van der Waals surface area contributed by atoms with Crippen LogP contribution in [0.5, 0.6) is 0 Å². The maximum Gasteiger partial charge on any atom is 0.162 e. The molecular formula is C63H35F2N5. The standard InChI is InChI=1S/C63H35F2N5/c64-44-21-17-34(18-22-44)56-58-48-27-38-11-3-1-9-36(38)25-46(48)54(66-58)33-55-47-26-37-10-2-4-12-39(37)28-49(47)59(67-55)57(35-19-23-45(65)24-20-35)61-51-30-41-14-6-8-16-43(41)32-53(51)63(69-61)70-62-52-31-42-15-7-5-13-40(42)29-50(52)60(56)68-62/h1-33,66H,(H,68,69,70). The van der Waals surface area contributed by atoms with Crippen molar-refractivity contribution in [1.29, 1.82) is 0 Å². The van der Waals surface area contributed by atoms with Gasteiger partial charge < -0.3 is 9.97 Å². The predicted octanol–water partition coefficient (Wildman–Crippen LogP) is 16.9. The highest BCUT2D eigenvalue weighted by Gasteiger charge is 2.27. The van der Waals surface area contributed by atoms with Crippen LogP contribution in [-0.4, -0.2) is 24.9 Å². The zero-order valence-electron chi connectivity index (χ0n) is 37.2. The van der Waals surface area contributed by atoms with E-state index in [2.05, 4.69) is 149 Å². The molecule has 0 spiro atoms. The first-order chi connectivity index (χ1) is 34.5. The van der Waals surface area contributed by atoms with E-state index in [4.69, 9.17) is 15.0 Å². The summed E-state index contributed by atoms with van der Waals surface area (Å²) in [6.45, 7) is 0. The highest BCUT2D eigenvalue weighted by atomic mass is 19.1. The van der Waals surface area contributed by atoms with Gasteiger partial charge in [0.05, 0.1) is 28.1 Å². The summed E-state index contributed by atoms with van der Waals surface area (Å²) < 4.78 is 30.0. The lowest BCUT2D eigenvalue weighted by Gasteiger charge is -2.09. The Morgan fingerprint density at radius 2 is 0.729 bits per heavy atom. The second kappa shape index (κ2) is 14.6. The van der Waals surface area contributed by atoms with E-state index in [1.54, 1.807) is 0 Å². The lowest BCUT2D eigenvalue weighted by atomic mass is 9.93. The molecule has 326 valence electrons. The Morgan fingerprint density at radius 1 is 0.329 bits per heavy atom. The smallest absolute Gasteiger partial charge is 0.162 e. The summed E-state index contributed by atoms with van der Waals surface area (Å²) >= 11 is 0. The van der Waals surface area contributed by atoms with Crippen molar-refractivity contribution in [3.63, 3.8) is 0 Å². The number of nitrogens with zero attached hydrogens (tertiary/aromatic N) is 3. The van der Waals surface area contributed by atoms with E-state index in [1.165, 1.54) is 24.3 Å². The molecule has 3 aromatic heterocycles. The minimum atomic E-state index is -0.327. The summed E-state index contributed by atoms with van der Waals surface area (Å²) in [5.74, 6) is -0.119. The Balaban J connectivity index is 1.23. The Labute approximate surface area is 398 Å². The number of H-pyrrole nitrogens is 2. The Kier molecular flexibility index (Phi) is 8.07. The molecule has 70 heavy (non-hydrogen) atoms. The fourth-order valence-corrected chi connectivity index (χ4v) is 11.0. The maximum absolute atomic E-state index is 15.0. The first kappa shape index (κ1) is 38.7. The molecule has 0 saturated heterocycles. The lowest BCUT2D eigenvalue weighted by Crippen LogP contribution is -1.87. The van der Waals surface area contributed by atoms with Gasteiger partial charge in [0.15, 0.2) is 5.82 Å². The van der Waals surface area contributed by atoms with Gasteiger partial charge in [-0.15, -0.1) is 0 Å². The number of benzene rings is 10. The number of hydrogen-bond acceptors (Lipinski definition) is 3. The average Bonchev–Trinajstić information content (AvgIpc) is 4.13. The van der Waals surface area contributed by atoms with Crippen LogP contribution in [0, 0.1) is 11.6 Å². The van der Waals surface area contributed by atoms with Crippen molar-refractivity contribution < 1.29 is 8.78 Å². The van der Waals surface area contributed by atoms with Crippen LogP contribution in [0.15, 0.2) is 200 Å². The van der Waals surface area contributed by atoms with Crippen LogP contribution in [0.4, 0.5) is 8.78 Å². The van der Waals surface area contributed by atoms with Crippen molar-refractivity contribution in [2.45, 2.75) is 0 Å². The highest BCUT2D eigenvalue weighted by molar-refractivity contribution is 6.20. The number of rotatable bonds is 2. The van der Waals surface area contributed by atoms with E-state index in [-0.39, 0.29) is 11.6 Å². The minimum Gasteiger partial charge on any atom is -0.354 e. The number of nitrogens with one attached hydrogen (secondary N) is 2. The Bertz CT molecular complexity index is 4310. The van der Waals surface area contributed by atoms with Crippen LogP contribution < -0.4 is 0 Å². The fourth-order valence-electron chi connectivity index (χ4n) is 11.0. The number of aromatic amines is 2. The molecular weight excluding hydrogens is 865 g/mol. The number of hydrogen-bond donors (Lipinski definition) is 2. The van der Waals surface area contributed by atoms with Crippen LogP contribution in [0.25, 0.3) is 154 Å². The van der Waals surface area contributed by atoms with Crippen molar-refractivity contribution in [2.75, 3.05) is 0 Å². The Hall–Kier alpha value is -9.33. The third-order valence-electron chi connectivity index (χ3n) is 14.3. The van der Waals surface area contributed by atoms with Gasteiger partial charge in [0.1, 0.15) is 17.3 Å². The van der Waals surface area contributed by atoms with E-state index < -0.39 is 0 Å². The van der Waals surface area contributed by atoms with Crippen molar-refractivity contribution in [3.05, 3.63) is 212 Å². The van der Waals surface area contributed by atoms with Gasteiger partial charge in [0.25, 0.3) is 0 Å². The van der Waals surface area contributed by atoms with Gasteiger partial charge in [0.2, 0.25) is 0 Å². The van der Waals surface area contributed by atoms with E-state index in [0.29, 0.717) is 17.2 Å². The summed E-state index contributed by atoms with van der Waals surface area (Å²) in [5.41, 5.74) is 12.3. The first-order valence-electron chi connectivity index (χ1n) is 23.4. The summed E-state index contributed by atoms with van der Waals surface area (Å²) in [7, 11) is 0. The lowest BCUT2D eigenvalue weighted by molar-refractivity contribution is 0.627. The molecule has 15 rings (SSSR count). The van der Waals surface area contributed by atoms with E-state index >= 15 is 8.78 Å². The van der Waals surface area contributed by atoms with Gasteiger partial charge in [-0.2, -0.15) is 0 Å². The second-order valence-corrected chi connectivity index (χ2v) is 18.4. The van der Waals surface area contributed by atoms with Gasteiger partial charge in [-0.1, -0.05) is 121 Å². The van der Waals surface area contributed by atoms with Crippen LogP contribution in [0.1, 0.15) is 0 Å². The molecule has 2 aliphatic heterocycles. The molecule has 5 nitrogen and oxygen atoms in total. The van der Waals surface area contributed by atoms with Gasteiger partial charge in [0, 0.05) is 60.4 Å². The molecule has 0 aliphatic carbocycles.